The molecule has 12 heavy (non-hydrogen) atoms. The summed E-state index contributed by atoms with van der Waals surface area (Å²) in [6, 6.07) is 1.85. The van der Waals surface area contributed by atoms with E-state index >= 15 is 0 Å². The zero-order valence-corrected chi connectivity index (χ0v) is 6.32. The maximum atomic E-state index is 5.31. The van der Waals surface area contributed by atoms with Crippen LogP contribution in [0.5, 0.6) is 0 Å². The summed E-state index contributed by atoms with van der Waals surface area (Å²) < 4.78 is 5.21. The van der Waals surface area contributed by atoms with Gasteiger partial charge in [-0.05, 0) is 6.07 Å². The molecule has 62 valence electrons. The Morgan fingerprint density at radius 3 is 3.00 bits per heavy atom. The van der Waals surface area contributed by atoms with E-state index in [1.165, 1.54) is 0 Å². The van der Waals surface area contributed by atoms with Crippen LogP contribution in [0.4, 0.5) is 0 Å². The number of aromatic nitrogens is 3. The van der Waals surface area contributed by atoms with Gasteiger partial charge in [-0.25, -0.2) is 0 Å². The Morgan fingerprint density at radius 1 is 1.50 bits per heavy atom. The van der Waals surface area contributed by atoms with E-state index in [0.29, 0.717) is 11.8 Å². The first kappa shape index (κ1) is 7.05. The summed E-state index contributed by atoms with van der Waals surface area (Å²) >= 11 is 0. The quantitative estimate of drug-likeness (QED) is 0.678. The lowest BCUT2D eigenvalue weighted by Gasteiger charge is -1.84. The number of hydrogen-bond donors (Lipinski definition) is 2. The molecule has 0 saturated carbocycles. The van der Waals surface area contributed by atoms with E-state index in [4.69, 9.17) is 10.2 Å². The maximum Gasteiger partial charge on any atom is 0.249 e. The lowest BCUT2D eigenvalue weighted by molar-refractivity contribution is 0.509. The van der Waals surface area contributed by atoms with Gasteiger partial charge < -0.3 is 15.1 Å². The summed E-state index contributed by atoms with van der Waals surface area (Å²) in [7, 11) is 0. The molecular formula is C7H8N4O. The van der Waals surface area contributed by atoms with Crippen molar-refractivity contribution in [3.05, 3.63) is 24.4 Å². The summed E-state index contributed by atoms with van der Waals surface area (Å²) in [6.45, 7) is 0.275. The average molecular weight is 164 g/mol. The molecule has 0 amide bonds. The van der Waals surface area contributed by atoms with Gasteiger partial charge in [-0.15, -0.1) is 10.2 Å². The smallest absolute Gasteiger partial charge is 0.249 e. The zero-order chi connectivity index (χ0) is 8.39. The number of hydrogen-bond acceptors (Lipinski definition) is 4. The van der Waals surface area contributed by atoms with Gasteiger partial charge in [-0.3, -0.25) is 0 Å². The predicted octanol–water partition coefficient (Wildman–Crippen LogP) is 0.523. The standard InChI is InChI=1S/C7H8N4O/c8-3-6-10-11-7(12-6)5-1-2-9-4-5/h1-2,4,9H,3,8H2. The van der Waals surface area contributed by atoms with Crippen LogP contribution in [0.25, 0.3) is 11.5 Å². The van der Waals surface area contributed by atoms with Crippen LogP contribution in [0.15, 0.2) is 22.9 Å². The molecule has 0 unspecified atom stereocenters. The SMILES string of the molecule is NCc1nnc(-c2cc[nH]c2)o1. The number of H-pyrrole nitrogens is 1. The molecule has 0 spiro atoms. The van der Waals surface area contributed by atoms with Crippen molar-refractivity contribution in [3.8, 4) is 11.5 Å². The third-order valence-corrected chi connectivity index (χ3v) is 1.49. The van der Waals surface area contributed by atoms with Gasteiger partial charge in [0.05, 0.1) is 12.1 Å². The topological polar surface area (TPSA) is 80.7 Å². The predicted molar refractivity (Wildman–Crippen MR) is 42.0 cm³/mol. The molecule has 0 aliphatic rings. The third-order valence-electron chi connectivity index (χ3n) is 1.49. The van der Waals surface area contributed by atoms with Crippen molar-refractivity contribution in [2.75, 3.05) is 0 Å². The van der Waals surface area contributed by atoms with Gasteiger partial charge in [0.1, 0.15) is 0 Å². The van der Waals surface area contributed by atoms with Gasteiger partial charge in [-0.2, -0.15) is 0 Å². The number of aromatic amines is 1. The molecule has 2 aromatic rings. The van der Waals surface area contributed by atoms with Crippen molar-refractivity contribution in [1.29, 1.82) is 0 Å². The van der Waals surface area contributed by atoms with Crippen LogP contribution >= 0.6 is 0 Å². The van der Waals surface area contributed by atoms with E-state index in [0.717, 1.165) is 5.56 Å². The van der Waals surface area contributed by atoms with Crippen molar-refractivity contribution in [3.63, 3.8) is 0 Å². The van der Waals surface area contributed by atoms with Crippen LogP contribution in [0.2, 0.25) is 0 Å². The normalized spacial score (nSPS) is 10.4. The average Bonchev–Trinajstić information content (AvgIpc) is 2.75. The summed E-state index contributed by atoms with van der Waals surface area (Å²) in [5.74, 6) is 0.947. The van der Waals surface area contributed by atoms with Crippen molar-refractivity contribution in [2.45, 2.75) is 6.54 Å². The molecule has 0 saturated heterocycles. The monoisotopic (exact) mass is 164 g/mol. The van der Waals surface area contributed by atoms with E-state index in [1.54, 1.807) is 12.4 Å². The first-order valence-corrected chi connectivity index (χ1v) is 3.56. The van der Waals surface area contributed by atoms with Crippen LogP contribution in [0.1, 0.15) is 5.89 Å². The fraction of sp³-hybridized carbons (Fsp3) is 0.143. The van der Waals surface area contributed by atoms with Crippen LogP contribution in [-0.2, 0) is 6.54 Å². The largest absolute Gasteiger partial charge is 0.419 e. The second kappa shape index (κ2) is 2.78. The first-order valence-electron chi connectivity index (χ1n) is 3.56. The van der Waals surface area contributed by atoms with Gasteiger partial charge in [0, 0.05) is 12.4 Å². The Bertz CT molecular complexity index is 351. The number of nitrogens with one attached hydrogen (secondary N) is 1. The number of rotatable bonds is 2. The lowest BCUT2D eigenvalue weighted by Crippen LogP contribution is -1.95. The molecule has 5 nitrogen and oxygen atoms in total. The molecular weight excluding hydrogens is 156 g/mol. The lowest BCUT2D eigenvalue weighted by atomic mass is 10.3. The molecule has 0 aliphatic heterocycles. The van der Waals surface area contributed by atoms with E-state index < -0.39 is 0 Å². The van der Waals surface area contributed by atoms with Crippen molar-refractivity contribution in [2.24, 2.45) is 5.73 Å². The minimum atomic E-state index is 0.275. The third kappa shape index (κ3) is 1.10. The van der Waals surface area contributed by atoms with Crippen molar-refractivity contribution in [1.82, 2.24) is 15.2 Å². The summed E-state index contributed by atoms with van der Waals surface area (Å²) in [6.07, 6.45) is 3.58. The number of nitrogens with two attached hydrogens (primary N) is 1. The zero-order valence-electron chi connectivity index (χ0n) is 6.32. The van der Waals surface area contributed by atoms with E-state index in [2.05, 4.69) is 15.2 Å². The highest BCUT2D eigenvalue weighted by Crippen LogP contribution is 2.15. The van der Waals surface area contributed by atoms with E-state index in [1.807, 2.05) is 6.07 Å². The highest BCUT2D eigenvalue weighted by atomic mass is 16.4. The molecule has 0 aromatic carbocycles. The highest BCUT2D eigenvalue weighted by molar-refractivity contribution is 5.50. The number of nitrogens with zero attached hydrogens (tertiary/aromatic N) is 2. The van der Waals surface area contributed by atoms with Gasteiger partial charge in [-0.1, -0.05) is 0 Å². The van der Waals surface area contributed by atoms with Crippen LogP contribution < -0.4 is 5.73 Å². The second-order valence-corrected chi connectivity index (χ2v) is 2.30. The minimum absolute atomic E-state index is 0.275. The first-order chi connectivity index (χ1) is 5.90. The van der Waals surface area contributed by atoms with Gasteiger partial charge in [0.2, 0.25) is 11.8 Å². The molecule has 3 N–H and O–H groups in total. The van der Waals surface area contributed by atoms with E-state index in [-0.39, 0.29) is 6.54 Å². The summed E-state index contributed by atoms with van der Waals surface area (Å²) in [4.78, 5) is 2.90. The fourth-order valence-corrected chi connectivity index (χ4v) is 0.910. The molecule has 0 bridgehead atoms. The Labute approximate surface area is 68.6 Å². The minimum Gasteiger partial charge on any atom is -0.419 e. The summed E-state index contributed by atoms with van der Waals surface area (Å²) in [5.41, 5.74) is 6.19. The van der Waals surface area contributed by atoms with Gasteiger partial charge in [0.25, 0.3) is 0 Å². The van der Waals surface area contributed by atoms with Gasteiger partial charge in [0.15, 0.2) is 0 Å². The van der Waals surface area contributed by atoms with Crippen LogP contribution in [0, 0.1) is 0 Å². The van der Waals surface area contributed by atoms with Gasteiger partial charge >= 0.3 is 0 Å². The Kier molecular flexibility index (Phi) is 1.64. The molecule has 5 heteroatoms. The Morgan fingerprint density at radius 2 is 2.42 bits per heavy atom. The molecule has 0 atom stereocenters. The summed E-state index contributed by atoms with van der Waals surface area (Å²) in [5, 5.41) is 7.55. The Hall–Kier alpha value is -1.62. The maximum absolute atomic E-state index is 5.31. The second-order valence-electron chi connectivity index (χ2n) is 2.30. The molecule has 0 fully saturated rings. The van der Waals surface area contributed by atoms with Crippen LogP contribution in [-0.4, -0.2) is 15.2 Å². The van der Waals surface area contributed by atoms with Crippen molar-refractivity contribution >= 4 is 0 Å². The Balaban J connectivity index is 2.35. The van der Waals surface area contributed by atoms with Crippen molar-refractivity contribution < 1.29 is 4.42 Å². The molecule has 2 aromatic heterocycles. The fourth-order valence-electron chi connectivity index (χ4n) is 0.910. The molecule has 2 rings (SSSR count). The highest BCUT2D eigenvalue weighted by Gasteiger charge is 2.06. The van der Waals surface area contributed by atoms with Crippen LogP contribution in [0.3, 0.4) is 0 Å². The molecule has 0 aliphatic carbocycles. The molecule has 0 radical (unpaired) electrons. The van der Waals surface area contributed by atoms with E-state index in [9.17, 15) is 0 Å². The molecule has 2 heterocycles.